The van der Waals surface area contributed by atoms with Gasteiger partial charge in [-0.05, 0) is 46.3 Å². The van der Waals surface area contributed by atoms with Gasteiger partial charge in [0.05, 0.1) is 18.0 Å². The van der Waals surface area contributed by atoms with Crippen LogP contribution in [0.1, 0.15) is 17.3 Å². The molecule has 0 bridgehead atoms. The molecule has 0 N–H and O–H groups in total. The molecular formula is C19H18BrFN8O2. The zero-order valence-corrected chi connectivity index (χ0v) is 18.2. The number of hydrogen-bond acceptors (Lipinski definition) is 8. The van der Waals surface area contributed by atoms with Crippen molar-refractivity contribution in [2.75, 3.05) is 31.1 Å². The first-order valence-corrected chi connectivity index (χ1v) is 10.3. The molecule has 31 heavy (non-hydrogen) atoms. The molecule has 1 fully saturated rings. The number of aromatic nitrogens is 6. The molecule has 0 aliphatic carbocycles. The summed E-state index contributed by atoms with van der Waals surface area (Å²) in [6.45, 7) is 3.59. The third-order valence-corrected chi connectivity index (χ3v) is 5.43. The Kier molecular flexibility index (Phi) is 5.98. The monoisotopic (exact) mass is 488 g/mol. The van der Waals surface area contributed by atoms with Gasteiger partial charge in [-0.3, -0.25) is 9.59 Å². The summed E-state index contributed by atoms with van der Waals surface area (Å²) in [7, 11) is 0. The molecule has 1 aromatic carbocycles. The summed E-state index contributed by atoms with van der Waals surface area (Å²) in [5.74, 6) is 0.214. The molecule has 1 amide bonds. The van der Waals surface area contributed by atoms with E-state index in [1.54, 1.807) is 17.3 Å². The predicted octanol–water partition coefficient (Wildman–Crippen LogP) is 1.58. The first kappa shape index (κ1) is 21.0. The second-order valence-electron chi connectivity index (χ2n) is 7.01. The van der Waals surface area contributed by atoms with Crippen LogP contribution in [0.25, 0.3) is 11.5 Å². The normalized spacial score (nSPS) is 14.0. The first-order chi connectivity index (χ1) is 14.9. The maximum Gasteiger partial charge on any atom is 0.255 e. The van der Waals surface area contributed by atoms with Crippen molar-refractivity contribution >= 4 is 33.4 Å². The molecule has 12 heteroatoms. The van der Waals surface area contributed by atoms with E-state index in [4.69, 9.17) is 0 Å². The third kappa shape index (κ3) is 4.74. The molecule has 3 heterocycles. The number of ketones is 1. The lowest BCUT2D eigenvalue weighted by molar-refractivity contribution is -0.117. The standard InChI is InChI=1S/C19H18BrFN8O2/c1-12(30)11-29-25-18(24-26-29)16-9-23-17(10-22-16)27-4-6-28(7-5-27)19(31)14-8-13(21)2-3-15(14)20/h2-3,8-10H,4-7,11H2,1H3. The van der Waals surface area contributed by atoms with Crippen LogP contribution < -0.4 is 4.90 Å². The van der Waals surface area contributed by atoms with Gasteiger partial charge in [-0.15, -0.1) is 10.2 Å². The lowest BCUT2D eigenvalue weighted by Crippen LogP contribution is -2.49. The van der Waals surface area contributed by atoms with Gasteiger partial charge in [0.15, 0.2) is 5.78 Å². The molecule has 2 aromatic heterocycles. The zero-order chi connectivity index (χ0) is 22.0. The van der Waals surface area contributed by atoms with Gasteiger partial charge in [0.25, 0.3) is 5.91 Å². The number of tetrazole rings is 1. The molecule has 1 saturated heterocycles. The number of benzene rings is 1. The summed E-state index contributed by atoms with van der Waals surface area (Å²) < 4.78 is 14.1. The summed E-state index contributed by atoms with van der Waals surface area (Å²) >= 11 is 3.31. The van der Waals surface area contributed by atoms with Crippen LogP contribution in [0.2, 0.25) is 0 Å². The van der Waals surface area contributed by atoms with Gasteiger partial charge in [0.2, 0.25) is 5.82 Å². The molecule has 4 rings (SSSR count). The number of amides is 1. The fourth-order valence-corrected chi connectivity index (χ4v) is 3.60. The van der Waals surface area contributed by atoms with Crippen LogP contribution >= 0.6 is 15.9 Å². The van der Waals surface area contributed by atoms with Crippen molar-refractivity contribution in [3.8, 4) is 11.5 Å². The number of piperazine rings is 1. The molecule has 0 atom stereocenters. The van der Waals surface area contributed by atoms with Gasteiger partial charge >= 0.3 is 0 Å². The van der Waals surface area contributed by atoms with Crippen molar-refractivity contribution in [3.63, 3.8) is 0 Å². The van der Waals surface area contributed by atoms with Crippen molar-refractivity contribution in [3.05, 3.63) is 46.4 Å². The highest BCUT2D eigenvalue weighted by atomic mass is 79.9. The summed E-state index contributed by atoms with van der Waals surface area (Å²) in [5.41, 5.74) is 0.756. The SMILES string of the molecule is CC(=O)Cn1nnc(-c2cnc(N3CCN(C(=O)c4cc(F)ccc4Br)CC3)cn2)n1. The Bertz CT molecular complexity index is 1110. The van der Waals surface area contributed by atoms with E-state index in [0.717, 1.165) is 0 Å². The highest BCUT2D eigenvalue weighted by molar-refractivity contribution is 9.10. The third-order valence-electron chi connectivity index (χ3n) is 4.73. The first-order valence-electron chi connectivity index (χ1n) is 9.49. The average molecular weight is 489 g/mol. The van der Waals surface area contributed by atoms with Crippen molar-refractivity contribution in [1.82, 2.24) is 35.1 Å². The van der Waals surface area contributed by atoms with Crippen LogP contribution in [0.4, 0.5) is 10.2 Å². The lowest BCUT2D eigenvalue weighted by Gasteiger charge is -2.35. The van der Waals surface area contributed by atoms with Gasteiger partial charge in [-0.25, -0.2) is 14.4 Å². The summed E-state index contributed by atoms with van der Waals surface area (Å²) in [6, 6.07) is 4.08. The van der Waals surface area contributed by atoms with E-state index in [9.17, 15) is 14.0 Å². The Hall–Kier alpha value is -3.28. The van der Waals surface area contributed by atoms with Gasteiger partial charge < -0.3 is 9.80 Å². The Morgan fingerprint density at radius 2 is 1.90 bits per heavy atom. The Morgan fingerprint density at radius 1 is 1.13 bits per heavy atom. The largest absolute Gasteiger partial charge is 0.352 e. The zero-order valence-electron chi connectivity index (χ0n) is 16.6. The van der Waals surface area contributed by atoms with Crippen LogP contribution in [0, 0.1) is 5.82 Å². The maximum absolute atomic E-state index is 13.5. The van der Waals surface area contributed by atoms with E-state index in [1.165, 1.54) is 29.9 Å². The fourth-order valence-electron chi connectivity index (χ4n) is 3.18. The maximum atomic E-state index is 13.5. The second kappa shape index (κ2) is 8.84. The van der Waals surface area contributed by atoms with Gasteiger partial charge in [-0.1, -0.05) is 0 Å². The molecule has 1 aliphatic rings. The number of nitrogens with zero attached hydrogens (tertiary/aromatic N) is 8. The van der Waals surface area contributed by atoms with Crippen LogP contribution in [0.15, 0.2) is 35.1 Å². The van der Waals surface area contributed by atoms with Gasteiger partial charge in [0, 0.05) is 30.7 Å². The van der Waals surface area contributed by atoms with E-state index in [0.29, 0.717) is 47.7 Å². The van der Waals surface area contributed by atoms with Crippen LogP contribution in [-0.2, 0) is 11.3 Å². The fraction of sp³-hybridized carbons (Fsp3) is 0.316. The van der Waals surface area contributed by atoms with E-state index in [2.05, 4.69) is 41.3 Å². The van der Waals surface area contributed by atoms with E-state index in [-0.39, 0.29) is 24.1 Å². The molecule has 10 nitrogen and oxygen atoms in total. The molecule has 0 spiro atoms. The van der Waals surface area contributed by atoms with Crippen molar-refractivity contribution in [2.45, 2.75) is 13.5 Å². The van der Waals surface area contributed by atoms with Crippen LogP contribution in [0.5, 0.6) is 0 Å². The molecule has 0 unspecified atom stereocenters. The number of carbonyl (C=O) groups is 2. The van der Waals surface area contributed by atoms with Crippen molar-refractivity contribution in [1.29, 1.82) is 0 Å². The number of carbonyl (C=O) groups excluding carboxylic acids is 2. The average Bonchev–Trinajstić information content (AvgIpc) is 3.23. The number of hydrogen-bond donors (Lipinski definition) is 0. The van der Waals surface area contributed by atoms with Crippen molar-refractivity contribution in [2.24, 2.45) is 0 Å². The highest BCUT2D eigenvalue weighted by Crippen LogP contribution is 2.21. The second-order valence-corrected chi connectivity index (χ2v) is 7.86. The predicted molar refractivity (Wildman–Crippen MR) is 112 cm³/mol. The molecule has 3 aromatic rings. The number of Topliss-reactive ketones (excluding diaryl/α,β-unsaturated/α-hetero) is 1. The Balaban J connectivity index is 1.39. The van der Waals surface area contributed by atoms with Crippen LogP contribution in [0.3, 0.4) is 0 Å². The summed E-state index contributed by atoms with van der Waals surface area (Å²) in [4.78, 5) is 37.6. The lowest BCUT2D eigenvalue weighted by atomic mass is 10.1. The molecule has 0 saturated carbocycles. The van der Waals surface area contributed by atoms with E-state index >= 15 is 0 Å². The summed E-state index contributed by atoms with van der Waals surface area (Å²) in [5, 5.41) is 11.8. The molecular weight excluding hydrogens is 471 g/mol. The quantitative estimate of drug-likeness (QED) is 0.532. The number of rotatable bonds is 5. The minimum Gasteiger partial charge on any atom is -0.352 e. The highest BCUT2D eigenvalue weighted by Gasteiger charge is 2.24. The van der Waals surface area contributed by atoms with E-state index < -0.39 is 5.82 Å². The summed E-state index contributed by atoms with van der Waals surface area (Å²) in [6.07, 6.45) is 3.16. The Labute approximate surface area is 185 Å². The smallest absolute Gasteiger partial charge is 0.255 e. The van der Waals surface area contributed by atoms with E-state index in [1.807, 2.05) is 4.90 Å². The number of anilines is 1. The minimum absolute atomic E-state index is 0.0493. The Morgan fingerprint density at radius 3 is 2.58 bits per heavy atom. The van der Waals surface area contributed by atoms with Gasteiger partial charge in [-0.2, -0.15) is 4.80 Å². The molecule has 0 radical (unpaired) electrons. The molecule has 160 valence electrons. The minimum atomic E-state index is -0.448. The van der Waals surface area contributed by atoms with Crippen LogP contribution in [-0.4, -0.2) is 72.9 Å². The number of halogens is 2. The topological polar surface area (TPSA) is 110 Å². The van der Waals surface area contributed by atoms with Crippen molar-refractivity contribution < 1.29 is 14.0 Å². The van der Waals surface area contributed by atoms with Gasteiger partial charge in [0.1, 0.15) is 23.9 Å². The molecule has 1 aliphatic heterocycles.